The van der Waals surface area contributed by atoms with Crippen LogP contribution in [0.1, 0.15) is 43.6 Å². The highest BCUT2D eigenvalue weighted by Gasteiger charge is 2.51. The van der Waals surface area contributed by atoms with Gasteiger partial charge in [-0.1, -0.05) is 0 Å². The second kappa shape index (κ2) is 7.58. The van der Waals surface area contributed by atoms with Crippen molar-refractivity contribution in [2.75, 3.05) is 32.9 Å². The molecule has 10 heteroatoms. The second-order valence-corrected chi connectivity index (χ2v) is 10.5. The Balaban J connectivity index is 1.10. The van der Waals surface area contributed by atoms with Crippen LogP contribution in [0.15, 0.2) is 11.1 Å². The number of alkyl halides is 3. The highest BCUT2D eigenvalue weighted by molar-refractivity contribution is 7.97. The van der Waals surface area contributed by atoms with Crippen molar-refractivity contribution in [1.82, 2.24) is 19.6 Å². The SMILES string of the molecule is Cc1nc(C(F)(F)F)ncc1SN1CCC2(CC1)CC(NC1CC3(COC3)C1)CO2. The van der Waals surface area contributed by atoms with Crippen LogP contribution in [0.2, 0.25) is 0 Å². The van der Waals surface area contributed by atoms with Crippen LogP contribution in [0, 0.1) is 12.3 Å². The van der Waals surface area contributed by atoms with E-state index in [-0.39, 0.29) is 5.60 Å². The van der Waals surface area contributed by atoms with Crippen LogP contribution in [-0.2, 0) is 15.7 Å². The highest BCUT2D eigenvalue weighted by Crippen LogP contribution is 2.47. The average Bonchev–Trinajstić information content (AvgIpc) is 3.01. The second-order valence-electron chi connectivity index (χ2n) is 9.32. The molecule has 1 N–H and O–H groups in total. The molecule has 1 aliphatic carbocycles. The Morgan fingerprint density at radius 2 is 1.90 bits per heavy atom. The number of nitrogens with one attached hydrogen (secondary N) is 1. The average molecular weight is 445 g/mol. The van der Waals surface area contributed by atoms with E-state index in [9.17, 15) is 13.2 Å². The zero-order chi connectivity index (χ0) is 21.0. The number of nitrogens with zero attached hydrogens (tertiary/aromatic N) is 3. The lowest BCUT2D eigenvalue weighted by atomic mass is 9.64. The lowest BCUT2D eigenvalue weighted by Crippen LogP contribution is -2.60. The first-order chi connectivity index (χ1) is 14.2. The van der Waals surface area contributed by atoms with Gasteiger partial charge in [-0.05, 0) is 51.0 Å². The van der Waals surface area contributed by atoms with E-state index in [1.807, 2.05) is 0 Å². The van der Waals surface area contributed by atoms with Gasteiger partial charge in [0.2, 0.25) is 5.82 Å². The highest BCUT2D eigenvalue weighted by atomic mass is 32.2. The van der Waals surface area contributed by atoms with E-state index in [2.05, 4.69) is 19.6 Å². The maximum Gasteiger partial charge on any atom is 0.451 e. The van der Waals surface area contributed by atoms with Crippen molar-refractivity contribution in [2.24, 2.45) is 5.41 Å². The molecule has 4 fully saturated rings. The third kappa shape index (κ3) is 4.09. The largest absolute Gasteiger partial charge is 0.451 e. The molecule has 5 rings (SSSR count). The van der Waals surface area contributed by atoms with Gasteiger partial charge in [-0.2, -0.15) is 13.2 Å². The van der Waals surface area contributed by atoms with Crippen molar-refractivity contribution in [3.63, 3.8) is 0 Å². The predicted molar refractivity (Wildman–Crippen MR) is 105 cm³/mol. The maximum atomic E-state index is 12.8. The summed E-state index contributed by atoms with van der Waals surface area (Å²) in [6.07, 6.45) is 2.10. The third-order valence-corrected chi connectivity index (χ3v) is 8.13. The molecule has 2 spiro atoms. The molecule has 1 aromatic rings. The first-order valence-corrected chi connectivity index (χ1v) is 11.3. The molecular weight excluding hydrogens is 417 g/mol. The number of hydrogen-bond donors (Lipinski definition) is 1. The van der Waals surface area contributed by atoms with Crippen LogP contribution in [0.3, 0.4) is 0 Å². The normalized spacial score (nSPS) is 28.6. The van der Waals surface area contributed by atoms with Crippen LogP contribution in [0.4, 0.5) is 13.2 Å². The maximum absolute atomic E-state index is 12.8. The summed E-state index contributed by atoms with van der Waals surface area (Å²) >= 11 is 1.44. The number of rotatable bonds is 4. The minimum Gasteiger partial charge on any atom is -0.380 e. The van der Waals surface area contributed by atoms with E-state index in [1.165, 1.54) is 31.0 Å². The molecular formula is C20H27F3N4O2S. The molecule has 1 atom stereocenters. The van der Waals surface area contributed by atoms with E-state index in [0.29, 0.717) is 28.1 Å². The molecule has 6 nitrogen and oxygen atoms in total. The van der Waals surface area contributed by atoms with Crippen molar-refractivity contribution >= 4 is 11.9 Å². The number of hydrogen-bond acceptors (Lipinski definition) is 7. The van der Waals surface area contributed by atoms with Gasteiger partial charge in [-0.25, -0.2) is 14.3 Å². The minimum absolute atomic E-state index is 0.0680. The summed E-state index contributed by atoms with van der Waals surface area (Å²) in [7, 11) is 0. The molecule has 4 aliphatic rings. The number of aromatic nitrogens is 2. The van der Waals surface area contributed by atoms with Crippen LogP contribution in [-0.4, -0.2) is 64.9 Å². The summed E-state index contributed by atoms with van der Waals surface area (Å²) in [6.45, 7) is 5.88. The first-order valence-electron chi connectivity index (χ1n) is 10.6. The molecule has 4 heterocycles. The Morgan fingerprint density at radius 1 is 1.17 bits per heavy atom. The van der Waals surface area contributed by atoms with Gasteiger partial charge in [0.05, 0.1) is 36.0 Å². The molecule has 3 aliphatic heterocycles. The molecule has 0 radical (unpaired) electrons. The summed E-state index contributed by atoms with van der Waals surface area (Å²) in [5, 5.41) is 3.78. The fourth-order valence-electron chi connectivity index (χ4n) is 5.17. The summed E-state index contributed by atoms with van der Waals surface area (Å²) in [6, 6.07) is 1.01. The first kappa shape index (κ1) is 20.9. The molecule has 0 amide bonds. The van der Waals surface area contributed by atoms with Gasteiger partial charge >= 0.3 is 6.18 Å². The quantitative estimate of drug-likeness (QED) is 0.716. The molecule has 166 valence electrons. The summed E-state index contributed by atoms with van der Waals surface area (Å²) in [5.41, 5.74) is 0.762. The topological polar surface area (TPSA) is 59.5 Å². The van der Waals surface area contributed by atoms with E-state index in [0.717, 1.165) is 52.2 Å². The molecule has 3 saturated heterocycles. The zero-order valence-electron chi connectivity index (χ0n) is 17.0. The Bertz CT molecular complexity index is 789. The Hall–Kier alpha value is -0.940. The van der Waals surface area contributed by atoms with Gasteiger partial charge in [-0.3, -0.25) is 0 Å². The van der Waals surface area contributed by atoms with Gasteiger partial charge in [0.1, 0.15) is 0 Å². The van der Waals surface area contributed by atoms with Crippen molar-refractivity contribution < 1.29 is 22.6 Å². The van der Waals surface area contributed by atoms with Gasteiger partial charge in [0.25, 0.3) is 0 Å². The number of aryl methyl sites for hydroxylation is 1. The Kier molecular flexibility index (Phi) is 5.29. The molecule has 1 saturated carbocycles. The van der Waals surface area contributed by atoms with E-state index in [4.69, 9.17) is 9.47 Å². The lowest BCUT2D eigenvalue weighted by Gasteiger charge is -2.54. The molecule has 30 heavy (non-hydrogen) atoms. The van der Waals surface area contributed by atoms with E-state index >= 15 is 0 Å². The predicted octanol–water partition coefficient (Wildman–Crippen LogP) is 3.20. The zero-order valence-corrected chi connectivity index (χ0v) is 17.8. The third-order valence-electron chi connectivity index (χ3n) is 6.90. The Morgan fingerprint density at radius 3 is 2.50 bits per heavy atom. The molecule has 0 aromatic carbocycles. The van der Waals surface area contributed by atoms with Gasteiger partial charge < -0.3 is 14.8 Å². The minimum atomic E-state index is -4.51. The van der Waals surface area contributed by atoms with Gasteiger partial charge in [0.15, 0.2) is 0 Å². The number of piperidine rings is 1. The summed E-state index contributed by atoms with van der Waals surface area (Å²) < 4.78 is 52.1. The fraction of sp³-hybridized carbons (Fsp3) is 0.800. The fourth-order valence-corrected chi connectivity index (χ4v) is 6.09. The van der Waals surface area contributed by atoms with Gasteiger partial charge in [-0.15, -0.1) is 0 Å². The van der Waals surface area contributed by atoms with E-state index in [1.54, 1.807) is 6.92 Å². The van der Waals surface area contributed by atoms with E-state index < -0.39 is 12.0 Å². The van der Waals surface area contributed by atoms with Crippen LogP contribution >= 0.6 is 11.9 Å². The molecule has 1 aromatic heterocycles. The standard InChI is InChI=1S/C20H27F3N4O2S/c1-13-16(9-24-17(25-13)20(21,22)23)30-27-4-2-19(3-5-27)8-15(10-29-19)26-14-6-18(7-14)11-28-12-18/h9,14-15,26H,2-8,10-12H2,1H3. The Labute approximate surface area is 178 Å². The number of ether oxygens (including phenoxy) is 2. The lowest BCUT2D eigenvalue weighted by molar-refractivity contribution is -0.168. The van der Waals surface area contributed by atoms with Crippen LogP contribution < -0.4 is 5.32 Å². The molecule has 0 bridgehead atoms. The van der Waals surface area contributed by atoms with Crippen LogP contribution in [0.25, 0.3) is 0 Å². The van der Waals surface area contributed by atoms with Crippen molar-refractivity contribution in [3.8, 4) is 0 Å². The summed E-state index contributed by atoms with van der Waals surface area (Å²) in [4.78, 5) is 7.79. The van der Waals surface area contributed by atoms with Crippen molar-refractivity contribution in [2.45, 2.75) is 67.8 Å². The van der Waals surface area contributed by atoms with Crippen molar-refractivity contribution in [3.05, 3.63) is 17.7 Å². The summed E-state index contributed by atoms with van der Waals surface area (Å²) in [5.74, 6) is -1.08. The van der Waals surface area contributed by atoms with Crippen LogP contribution in [0.5, 0.6) is 0 Å². The molecule has 1 unspecified atom stereocenters. The smallest absolute Gasteiger partial charge is 0.380 e. The van der Waals surface area contributed by atoms with Gasteiger partial charge in [0, 0.05) is 36.8 Å². The van der Waals surface area contributed by atoms with Crippen molar-refractivity contribution in [1.29, 1.82) is 0 Å². The number of halogens is 3. The monoisotopic (exact) mass is 444 g/mol.